The van der Waals surface area contributed by atoms with Crippen molar-refractivity contribution >= 4 is 23.3 Å². The molecular formula is C29H36N4O3. The van der Waals surface area contributed by atoms with Crippen molar-refractivity contribution < 1.29 is 14.8 Å². The van der Waals surface area contributed by atoms with Crippen molar-refractivity contribution in [1.82, 2.24) is 9.88 Å². The van der Waals surface area contributed by atoms with Gasteiger partial charge in [0.15, 0.2) is 0 Å². The SMILES string of the molecule is CN(C)C(=O)c1ccc(NC(=O)CC[C@@H]2C/C(=N\O)[C@@]3(C)CCC4c5ccccc5CCC4C23)nc1. The number of amides is 2. The number of anilines is 1. The molecule has 3 unspecified atom stereocenters. The normalized spacial score (nSPS) is 29.7. The molecule has 7 nitrogen and oxygen atoms in total. The highest BCUT2D eigenvalue weighted by atomic mass is 16.4. The van der Waals surface area contributed by atoms with Crippen LogP contribution in [0.5, 0.6) is 0 Å². The fourth-order valence-corrected chi connectivity index (χ4v) is 7.40. The second kappa shape index (κ2) is 9.68. The number of oxime groups is 1. The number of fused-ring (bicyclic) bond motifs is 5. The van der Waals surface area contributed by atoms with Crippen LogP contribution < -0.4 is 5.32 Å². The van der Waals surface area contributed by atoms with E-state index < -0.39 is 0 Å². The predicted molar refractivity (Wildman–Crippen MR) is 139 cm³/mol. The van der Waals surface area contributed by atoms with E-state index in [1.54, 1.807) is 26.2 Å². The van der Waals surface area contributed by atoms with E-state index in [1.807, 2.05) is 0 Å². The molecular weight excluding hydrogens is 452 g/mol. The number of benzene rings is 1. The summed E-state index contributed by atoms with van der Waals surface area (Å²) in [5.74, 6) is 2.08. The second-order valence-electron chi connectivity index (χ2n) is 11.2. The standard InChI is InChI=1S/C29H36N4O3/c1-29-15-14-22-21-7-5-4-6-18(21)8-11-23(22)27(29)19(16-24(29)32-36)10-13-26(34)31-25-12-9-20(17-30-25)28(35)33(2)3/h4-7,9,12,17,19,22-23,27,36H,8,10-11,13-16H2,1-3H3,(H,30,31,34)/b32-24+/t19-,22?,23?,27?,29-/m1/s1. The van der Waals surface area contributed by atoms with Gasteiger partial charge in [0.1, 0.15) is 5.82 Å². The molecule has 1 aromatic heterocycles. The molecule has 0 radical (unpaired) electrons. The van der Waals surface area contributed by atoms with Gasteiger partial charge in [0.2, 0.25) is 5.91 Å². The lowest BCUT2D eigenvalue weighted by Crippen LogP contribution is -2.44. The smallest absolute Gasteiger partial charge is 0.254 e. The van der Waals surface area contributed by atoms with Crippen LogP contribution in [0.15, 0.2) is 47.8 Å². The van der Waals surface area contributed by atoms with Crippen LogP contribution in [0.1, 0.15) is 72.9 Å². The second-order valence-corrected chi connectivity index (χ2v) is 11.2. The monoisotopic (exact) mass is 488 g/mol. The molecule has 0 aliphatic heterocycles. The maximum Gasteiger partial charge on any atom is 0.254 e. The van der Waals surface area contributed by atoms with E-state index in [4.69, 9.17) is 0 Å². The number of aromatic nitrogens is 1. The number of carbonyl (C=O) groups excluding carboxylic acids is 2. The molecule has 2 saturated carbocycles. The fourth-order valence-electron chi connectivity index (χ4n) is 7.40. The number of rotatable bonds is 5. The Morgan fingerprint density at radius 3 is 2.72 bits per heavy atom. The fraction of sp³-hybridized carbons (Fsp3) is 0.517. The Morgan fingerprint density at radius 1 is 1.19 bits per heavy atom. The van der Waals surface area contributed by atoms with Gasteiger partial charge in [-0.2, -0.15) is 0 Å². The topological polar surface area (TPSA) is 94.9 Å². The first-order valence-corrected chi connectivity index (χ1v) is 13.1. The molecule has 2 fully saturated rings. The lowest BCUT2D eigenvalue weighted by molar-refractivity contribution is -0.116. The molecule has 0 spiro atoms. The van der Waals surface area contributed by atoms with E-state index in [9.17, 15) is 14.8 Å². The van der Waals surface area contributed by atoms with Gasteiger partial charge in [-0.15, -0.1) is 0 Å². The zero-order valence-electron chi connectivity index (χ0n) is 21.4. The van der Waals surface area contributed by atoms with Gasteiger partial charge in [0.25, 0.3) is 5.91 Å². The van der Waals surface area contributed by atoms with Crippen molar-refractivity contribution in [3.05, 3.63) is 59.3 Å². The lowest BCUT2D eigenvalue weighted by Gasteiger charge is -2.50. The first-order chi connectivity index (χ1) is 17.3. The predicted octanol–water partition coefficient (Wildman–Crippen LogP) is 5.11. The largest absolute Gasteiger partial charge is 0.411 e. The van der Waals surface area contributed by atoms with Gasteiger partial charge in [-0.1, -0.05) is 36.3 Å². The van der Waals surface area contributed by atoms with Gasteiger partial charge in [-0.05, 0) is 85.5 Å². The summed E-state index contributed by atoms with van der Waals surface area (Å²) in [5.41, 5.74) is 4.29. The summed E-state index contributed by atoms with van der Waals surface area (Å²) >= 11 is 0. The lowest BCUT2D eigenvalue weighted by atomic mass is 9.54. The minimum Gasteiger partial charge on any atom is -0.411 e. The third kappa shape index (κ3) is 4.29. The van der Waals surface area contributed by atoms with Crippen LogP contribution >= 0.6 is 0 Å². The molecule has 7 heteroatoms. The van der Waals surface area contributed by atoms with E-state index in [0.717, 1.165) is 44.2 Å². The van der Waals surface area contributed by atoms with Crippen molar-refractivity contribution in [2.75, 3.05) is 19.4 Å². The summed E-state index contributed by atoms with van der Waals surface area (Å²) in [6.07, 6.45) is 7.81. The van der Waals surface area contributed by atoms with Gasteiger partial charge < -0.3 is 15.4 Å². The number of pyridine rings is 1. The minimum absolute atomic E-state index is 0.0772. The summed E-state index contributed by atoms with van der Waals surface area (Å²) in [7, 11) is 3.39. The van der Waals surface area contributed by atoms with Gasteiger partial charge in [-0.3, -0.25) is 9.59 Å². The molecule has 2 amide bonds. The van der Waals surface area contributed by atoms with Crippen LogP contribution in [0, 0.1) is 23.2 Å². The van der Waals surface area contributed by atoms with Crippen LogP contribution in [-0.4, -0.2) is 46.7 Å². The van der Waals surface area contributed by atoms with Gasteiger partial charge >= 0.3 is 0 Å². The molecule has 0 saturated heterocycles. The van der Waals surface area contributed by atoms with Crippen LogP contribution in [0.3, 0.4) is 0 Å². The van der Waals surface area contributed by atoms with E-state index in [2.05, 4.69) is 46.6 Å². The van der Waals surface area contributed by atoms with Crippen LogP contribution in [0.25, 0.3) is 0 Å². The number of hydrogen-bond donors (Lipinski definition) is 2. The molecule has 2 N–H and O–H groups in total. The molecule has 3 aliphatic carbocycles. The zero-order valence-corrected chi connectivity index (χ0v) is 21.4. The maximum absolute atomic E-state index is 12.8. The van der Waals surface area contributed by atoms with Crippen molar-refractivity contribution in [2.45, 2.75) is 57.8 Å². The molecule has 5 rings (SSSR count). The molecule has 2 aromatic rings. The van der Waals surface area contributed by atoms with Crippen LogP contribution in [-0.2, 0) is 11.2 Å². The first-order valence-electron chi connectivity index (χ1n) is 13.1. The summed E-state index contributed by atoms with van der Waals surface area (Å²) in [5, 5.41) is 16.5. The Labute approximate surface area is 213 Å². The van der Waals surface area contributed by atoms with Gasteiger partial charge in [0, 0.05) is 32.1 Å². The van der Waals surface area contributed by atoms with Gasteiger partial charge in [-0.25, -0.2) is 4.98 Å². The highest BCUT2D eigenvalue weighted by Crippen LogP contribution is 2.62. The minimum atomic E-state index is -0.123. The Morgan fingerprint density at radius 2 is 2.00 bits per heavy atom. The first kappa shape index (κ1) is 24.5. The zero-order chi connectivity index (χ0) is 25.4. The average Bonchev–Trinajstić information content (AvgIpc) is 3.18. The van der Waals surface area contributed by atoms with E-state index >= 15 is 0 Å². The van der Waals surface area contributed by atoms with Crippen LogP contribution in [0.2, 0.25) is 0 Å². The molecule has 3 aliphatic rings. The molecule has 1 heterocycles. The van der Waals surface area contributed by atoms with Crippen LogP contribution in [0.4, 0.5) is 5.82 Å². The Balaban J connectivity index is 1.28. The Kier molecular flexibility index (Phi) is 6.58. The maximum atomic E-state index is 12.8. The van der Waals surface area contributed by atoms with Crippen molar-refractivity contribution in [3.8, 4) is 0 Å². The molecule has 36 heavy (non-hydrogen) atoms. The number of nitrogens with one attached hydrogen (secondary N) is 1. The summed E-state index contributed by atoms with van der Waals surface area (Å²) in [4.78, 5) is 30.6. The van der Waals surface area contributed by atoms with Gasteiger partial charge in [0.05, 0.1) is 11.3 Å². The Bertz CT molecular complexity index is 1180. The Hall–Kier alpha value is -3.22. The summed E-state index contributed by atoms with van der Waals surface area (Å²) in [6.45, 7) is 2.28. The number of carbonyl (C=O) groups is 2. The van der Waals surface area contributed by atoms with Crippen molar-refractivity contribution in [2.24, 2.45) is 28.3 Å². The van der Waals surface area contributed by atoms with E-state index in [0.29, 0.717) is 41.5 Å². The molecule has 190 valence electrons. The highest BCUT2D eigenvalue weighted by Gasteiger charge is 2.57. The summed E-state index contributed by atoms with van der Waals surface area (Å²) < 4.78 is 0. The average molecular weight is 489 g/mol. The quantitative estimate of drug-likeness (QED) is 0.451. The van der Waals surface area contributed by atoms with Crippen molar-refractivity contribution in [3.63, 3.8) is 0 Å². The highest BCUT2D eigenvalue weighted by molar-refractivity contribution is 5.95. The van der Waals surface area contributed by atoms with E-state index in [-0.39, 0.29) is 17.2 Å². The number of aryl methyl sites for hydroxylation is 1. The molecule has 1 aromatic carbocycles. The number of nitrogens with zero attached hydrogens (tertiary/aromatic N) is 3. The van der Waals surface area contributed by atoms with Crippen molar-refractivity contribution in [1.29, 1.82) is 0 Å². The molecule has 5 atom stereocenters. The molecule has 0 bridgehead atoms. The summed E-state index contributed by atoms with van der Waals surface area (Å²) in [6, 6.07) is 12.2. The number of hydrogen-bond acceptors (Lipinski definition) is 5. The third-order valence-electron chi connectivity index (χ3n) is 9.06. The third-order valence-corrected chi connectivity index (χ3v) is 9.06. The van der Waals surface area contributed by atoms with E-state index in [1.165, 1.54) is 22.2 Å².